The van der Waals surface area contributed by atoms with E-state index in [1.165, 1.54) is 18.3 Å². The van der Waals surface area contributed by atoms with Gasteiger partial charge in [-0.15, -0.1) is 0 Å². The van der Waals surface area contributed by atoms with Crippen molar-refractivity contribution < 1.29 is 45.9 Å². The molecule has 0 radical (unpaired) electrons. The molecule has 1 unspecified atom stereocenters. The van der Waals surface area contributed by atoms with E-state index in [2.05, 4.69) is 5.43 Å². The van der Waals surface area contributed by atoms with Gasteiger partial charge in [0.2, 0.25) is 0 Å². The number of carboxylic acid groups (broad SMARTS) is 1. The normalized spacial score (nSPS) is 16.2. The Labute approximate surface area is 220 Å². The predicted octanol–water partition coefficient (Wildman–Crippen LogP) is 7.05. The van der Waals surface area contributed by atoms with Crippen LogP contribution >= 0.6 is 0 Å². The lowest BCUT2D eigenvalue weighted by Gasteiger charge is -2.24. The quantitative estimate of drug-likeness (QED) is 0.0771. The summed E-state index contributed by atoms with van der Waals surface area (Å²) in [4.78, 5) is 24.1. The van der Waals surface area contributed by atoms with Crippen molar-refractivity contribution in [2.45, 2.75) is 70.1 Å². The monoisotopic (exact) mass is 558 g/mol. The smallest absolute Gasteiger partial charge is 0.416 e. The van der Waals surface area contributed by atoms with Crippen molar-refractivity contribution in [3.63, 3.8) is 0 Å². The molecular formula is C27H28F6N2O4. The van der Waals surface area contributed by atoms with Crippen LogP contribution in [0.4, 0.5) is 32.0 Å². The van der Waals surface area contributed by atoms with Crippen LogP contribution in [0.25, 0.3) is 0 Å². The van der Waals surface area contributed by atoms with E-state index in [-0.39, 0.29) is 36.7 Å². The lowest BCUT2D eigenvalue weighted by molar-refractivity contribution is -0.418. The molecule has 12 heteroatoms. The van der Waals surface area contributed by atoms with Crippen molar-refractivity contribution in [1.29, 1.82) is 0 Å². The molecule has 0 amide bonds. The summed E-state index contributed by atoms with van der Waals surface area (Å²) in [5.41, 5.74) is 0.983. The van der Waals surface area contributed by atoms with Gasteiger partial charge in [-0.1, -0.05) is 17.7 Å². The molecule has 0 aromatic heterocycles. The van der Waals surface area contributed by atoms with Gasteiger partial charge in [0, 0.05) is 24.3 Å². The highest BCUT2D eigenvalue weighted by molar-refractivity contribution is 6.00. The van der Waals surface area contributed by atoms with Crippen molar-refractivity contribution in [3.8, 4) is 0 Å². The molecule has 0 bridgehead atoms. The number of hydrogen-bond acceptors (Lipinski definition) is 4. The van der Waals surface area contributed by atoms with Crippen LogP contribution in [0.3, 0.4) is 0 Å². The SMILES string of the molecule is O=C(O)CCCCCC/C=[N+](/[O-])Nc1ccc2c(c1)CCC(Cc1cc(C(F)(F)F)cc(C(F)(F)F)c1)C2=O. The molecule has 0 heterocycles. The molecule has 6 nitrogen and oxygen atoms in total. The number of carboxylic acids is 1. The number of hydrazine groups is 1. The van der Waals surface area contributed by atoms with Gasteiger partial charge >= 0.3 is 18.3 Å². The molecule has 0 aliphatic heterocycles. The number of aliphatic carboxylic acids is 1. The maximum Gasteiger partial charge on any atom is 0.416 e. The first-order valence-corrected chi connectivity index (χ1v) is 12.5. The van der Waals surface area contributed by atoms with E-state index in [4.69, 9.17) is 5.11 Å². The number of rotatable bonds is 11. The van der Waals surface area contributed by atoms with Gasteiger partial charge < -0.3 is 10.3 Å². The highest BCUT2D eigenvalue weighted by Crippen LogP contribution is 2.38. The van der Waals surface area contributed by atoms with Gasteiger partial charge in [-0.3, -0.25) is 9.59 Å². The summed E-state index contributed by atoms with van der Waals surface area (Å²) in [5, 5.41) is 20.7. The fourth-order valence-corrected chi connectivity index (χ4v) is 4.56. The fraction of sp³-hybridized carbons (Fsp3) is 0.444. The molecule has 0 spiro atoms. The zero-order valence-electron chi connectivity index (χ0n) is 20.9. The summed E-state index contributed by atoms with van der Waals surface area (Å²) >= 11 is 0. The van der Waals surface area contributed by atoms with E-state index >= 15 is 0 Å². The first-order valence-electron chi connectivity index (χ1n) is 12.5. The molecule has 0 saturated heterocycles. The summed E-state index contributed by atoms with van der Waals surface area (Å²) < 4.78 is 79.1. The molecule has 1 aliphatic rings. The molecule has 2 N–H and O–H groups in total. The number of aryl methyl sites for hydroxylation is 1. The number of anilines is 1. The first-order chi connectivity index (χ1) is 18.2. The molecule has 0 fully saturated rings. The molecule has 212 valence electrons. The van der Waals surface area contributed by atoms with Crippen LogP contribution < -0.4 is 5.43 Å². The Balaban J connectivity index is 1.63. The average Bonchev–Trinajstić information content (AvgIpc) is 2.84. The lowest BCUT2D eigenvalue weighted by Crippen LogP contribution is -2.25. The van der Waals surface area contributed by atoms with Crippen molar-refractivity contribution in [2.75, 3.05) is 5.43 Å². The minimum absolute atomic E-state index is 0.0647. The highest BCUT2D eigenvalue weighted by Gasteiger charge is 2.37. The molecule has 3 rings (SSSR count). The van der Waals surface area contributed by atoms with E-state index in [0.717, 1.165) is 19.3 Å². The summed E-state index contributed by atoms with van der Waals surface area (Å²) in [6.07, 6.45) is -4.73. The minimum Gasteiger partial charge on any atom is -0.596 e. The summed E-state index contributed by atoms with van der Waals surface area (Å²) in [6.45, 7) is 0. The Morgan fingerprint density at radius 2 is 1.64 bits per heavy atom. The van der Waals surface area contributed by atoms with Crippen LogP contribution in [0.2, 0.25) is 0 Å². The van der Waals surface area contributed by atoms with Gasteiger partial charge in [0.1, 0.15) is 0 Å². The molecule has 2 aromatic carbocycles. The first kappa shape index (κ1) is 30.0. The van der Waals surface area contributed by atoms with Gasteiger partial charge in [-0.2, -0.15) is 31.8 Å². The second-order valence-corrected chi connectivity index (χ2v) is 9.56. The minimum atomic E-state index is -4.96. The number of halogens is 6. The van der Waals surface area contributed by atoms with Crippen molar-refractivity contribution >= 4 is 23.7 Å². The number of nitrogens with one attached hydrogen (secondary N) is 1. The van der Waals surface area contributed by atoms with E-state index in [0.29, 0.717) is 53.1 Å². The summed E-state index contributed by atoms with van der Waals surface area (Å²) in [5.74, 6) is -1.99. The second kappa shape index (κ2) is 12.5. The number of fused-ring (bicyclic) bond motifs is 1. The molecular weight excluding hydrogens is 530 g/mol. The molecule has 2 aromatic rings. The number of ketones is 1. The third-order valence-corrected chi connectivity index (χ3v) is 6.51. The zero-order valence-corrected chi connectivity index (χ0v) is 20.9. The van der Waals surface area contributed by atoms with Crippen LogP contribution in [0.5, 0.6) is 0 Å². The second-order valence-electron chi connectivity index (χ2n) is 9.56. The molecule has 1 aliphatic carbocycles. The number of carbonyl (C=O) groups excluding carboxylic acids is 1. The van der Waals surface area contributed by atoms with Crippen LogP contribution in [-0.4, -0.2) is 27.9 Å². The van der Waals surface area contributed by atoms with Gasteiger partial charge in [-0.05, 0) is 79.6 Å². The Morgan fingerprint density at radius 1 is 1.00 bits per heavy atom. The van der Waals surface area contributed by atoms with E-state index in [9.17, 15) is 41.1 Å². The topological polar surface area (TPSA) is 92.5 Å². The average molecular weight is 559 g/mol. The van der Waals surface area contributed by atoms with Gasteiger partial charge in [0.25, 0.3) is 0 Å². The van der Waals surface area contributed by atoms with Crippen LogP contribution in [0, 0.1) is 11.1 Å². The number of hydrogen-bond donors (Lipinski definition) is 2. The lowest BCUT2D eigenvalue weighted by atomic mass is 9.79. The highest BCUT2D eigenvalue weighted by atomic mass is 19.4. The third kappa shape index (κ3) is 8.72. The van der Waals surface area contributed by atoms with E-state index in [1.807, 2.05) is 0 Å². The third-order valence-electron chi connectivity index (χ3n) is 6.51. The Morgan fingerprint density at radius 3 is 2.26 bits per heavy atom. The van der Waals surface area contributed by atoms with Crippen LogP contribution in [0.15, 0.2) is 36.4 Å². The Bertz CT molecular complexity index is 1190. The predicted molar refractivity (Wildman–Crippen MR) is 131 cm³/mol. The van der Waals surface area contributed by atoms with E-state index in [1.54, 1.807) is 6.07 Å². The van der Waals surface area contributed by atoms with Gasteiger partial charge in [-0.25, -0.2) is 0 Å². The summed E-state index contributed by atoms with van der Waals surface area (Å²) in [6, 6.07) is 6.00. The summed E-state index contributed by atoms with van der Waals surface area (Å²) in [7, 11) is 0. The standard InChI is InChI=1S/C27H28F6N2O4/c28-26(29,30)20-13-17(14-21(16-20)27(31,32)33)12-19-8-7-18-15-22(9-10-23(18)25(19)38)34-35(39)11-5-3-1-2-4-6-24(36)37/h9-11,13-16,19,34H,1-8,12H2,(H,36,37)/b35-11+. The Kier molecular flexibility index (Phi) is 9.63. The molecule has 0 saturated carbocycles. The molecule has 39 heavy (non-hydrogen) atoms. The largest absolute Gasteiger partial charge is 0.596 e. The molecule has 1 atom stereocenters. The van der Waals surface area contributed by atoms with Gasteiger partial charge in [0.05, 0.1) is 16.8 Å². The number of Topliss-reactive ketones (excluding diaryl/α,β-unsaturated/α-hetero) is 1. The maximum atomic E-state index is 13.2. The van der Waals surface area contributed by atoms with Crippen molar-refractivity contribution in [2.24, 2.45) is 5.92 Å². The van der Waals surface area contributed by atoms with Crippen molar-refractivity contribution in [1.82, 2.24) is 0 Å². The maximum absolute atomic E-state index is 13.2. The van der Waals surface area contributed by atoms with Crippen molar-refractivity contribution in [3.05, 3.63) is 69.4 Å². The zero-order chi connectivity index (χ0) is 28.8. The number of alkyl halides is 6. The number of nitrogens with zero attached hydrogens (tertiary/aromatic N) is 1. The van der Waals surface area contributed by atoms with Crippen LogP contribution in [-0.2, 0) is 30.0 Å². The van der Waals surface area contributed by atoms with E-state index < -0.39 is 35.4 Å². The van der Waals surface area contributed by atoms with Crippen LogP contribution in [0.1, 0.15) is 77.6 Å². The number of hydrazone groups is 1. The number of benzene rings is 2. The fourth-order valence-electron chi connectivity index (χ4n) is 4.56. The Hall–Kier alpha value is -3.57. The number of unbranched alkanes of at least 4 members (excludes halogenated alkanes) is 4. The number of carbonyl (C=O) groups is 2. The van der Waals surface area contributed by atoms with Gasteiger partial charge in [0.15, 0.2) is 12.0 Å².